The number of quaternary nitrogens is 1. The second-order valence-corrected chi connectivity index (χ2v) is 20.7. The number of likely N-dealkylation sites (N-methyl/N-ethyl adjacent to an activating group) is 1. The number of unbranched alkanes of at least 4 members (excludes halogenated alkanes) is 13. The van der Waals surface area contributed by atoms with Crippen molar-refractivity contribution in [3.8, 4) is 0 Å². The Balaban J connectivity index is 4.27. The molecule has 10 heteroatoms. The van der Waals surface area contributed by atoms with E-state index in [1.165, 1.54) is 25.7 Å². The van der Waals surface area contributed by atoms with Crippen molar-refractivity contribution in [2.75, 3.05) is 47.5 Å². The van der Waals surface area contributed by atoms with Gasteiger partial charge in [-0.1, -0.05) is 199 Å². The highest BCUT2D eigenvalue weighted by molar-refractivity contribution is 7.47. The van der Waals surface area contributed by atoms with Crippen LogP contribution in [0.5, 0.6) is 0 Å². The number of carbonyl (C=O) groups is 2. The van der Waals surface area contributed by atoms with Crippen molar-refractivity contribution in [3.05, 3.63) is 134 Å². The van der Waals surface area contributed by atoms with Gasteiger partial charge in [0.15, 0.2) is 6.10 Å². The highest BCUT2D eigenvalue weighted by Crippen LogP contribution is 2.43. The highest BCUT2D eigenvalue weighted by atomic mass is 31.2. The fourth-order valence-corrected chi connectivity index (χ4v) is 7.60. The lowest BCUT2D eigenvalue weighted by molar-refractivity contribution is -0.870. The fraction of sp³-hybridized carbons (Fsp3) is 0.613. The molecule has 0 radical (unpaired) electrons. The van der Waals surface area contributed by atoms with Crippen molar-refractivity contribution >= 4 is 19.8 Å². The molecule has 0 fully saturated rings. The average Bonchev–Trinajstić information content (AvgIpc) is 3.34. The molecule has 0 spiro atoms. The van der Waals surface area contributed by atoms with Gasteiger partial charge >= 0.3 is 19.8 Å². The van der Waals surface area contributed by atoms with Crippen molar-refractivity contribution in [2.45, 2.75) is 200 Å². The minimum Gasteiger partial charge on any atom is -0.462 e. The molecule has 0 amide bonds. The van der Waals surface area contributed by atoms with E-state index in [-0.39, 0.29) is 26.1 Å². The molecule has 0 aromatic rings. The third-order valence-electron chi connectivity index (χ3n) is 11.2. The van der Waals surface area contributed by atoms with Crippen LogP contribution in [0.15, 0.2) is 134 Å². The summed E-state index contributed by atoms with van der Waals surface area (Å²) in [5.41, 5.74) is 0. The first-order chi connectivity index (χ1) is 35.0. The predicted molar refractivity (Wildman–Crippen MR) is 307 cm³/mol. The van der Waals surface area contributed by atoms with Crippen molar-refractivity contribution in [3.63, 3.8) is 0 Å². The average molecular weight is 1020 g/mol. The second kappa shape index (κ2) is 52.0. The molecule has 1 N–H and O–H groups in total. The van der Waals surface area contributed by atoms with E-state index >= 15 is 0 Å². The minimum atomic E-state index is -4.40. The molecular weight excluding hydrogens is 918 g/mol. The van der Waals surface area contributed by atoms with E-state index in [0.29, 0.717) is 23.9 Å². The van der Waals surface area contributed by atoms with Crippen molar-refractivity contribution in [1.82, 2.24) is 0 Å². The molecule has 0 saturated carbocycles. The topological polar surface area (TPSA) is 108 Å². The molecule has 2 atom stereocenters. The number of phosphoric ester groups is 1. The SMILES string of the molecule is CC/C=C\C/C=C\C/C=C\C/C=C\C/C=C\C/C=C\C/C=C\C/C=C\C/C=C\CCCCCCCC(=O)OC(COC(=O)CCCCCCC/C=C\C/C=C\CCCCC)COP(=O)(O)OCC[N+](C)(C)C. The van der Waals surface area contributed by atoms with Gasteiger partial charge < -0.3 is 18.9 Å². The Morgan fingerprint density at radius 3 is 1.18 bits per heavy atom. The summed E-state index contributed by atoms with van der Waals surface area (Å²) in [6, 6.07) is 0. The van der Waals surface area contributed by atoms with E-state index in [2.05, 4.69) is 148 Å². The second-order valence-electron chi connectivity index (χ2n) is 19.2. The van der Waals surface area contributed by atoms with Crippen LogP contribution in [-0.4, -0.2) is 74.9 Å². The van der Waals surface area contributed by atoms with Gasteiger partial charge in [-0.05, 0) is 116 Å². The lowest BCUT2D eigenvalue weighted by Crippen LogP contribution is -2.37. The summed E-state index contributed by atoms with van der Waals surface area (Å²) >= 11 is 0. The van der Waals surface area contributed by atoms with Crippen LogP contribution in [0.3, 0.4) is 0 Å². The molecule has 2 unspecified atom stereocenters. The van der Waals surface area contributed by atoms with E-state index in [1.807, 2.05) is 21.1 Å². The van der Waals surface area contributed by atoms with E-state index in [4.69, 9.17) is 18.5 Å². The Kier molecular flexibility index (Phi) is 49.2. The molecule has 0 bridgehead atoms. The molecule has 0 aliphatic heterocycles. The smallest absolute Gasteiger partial charge is 0.462 e. The van der Waals surface area contributed by atoms with Crippen LogP contribution in [0.2, 0.25) is 0 Å². The molecule has 0 aromatic heterocycles. The summed E-state index contributed by atoms with van der Waals surface area (Å²) in [6.45, 7) is 4.22. The van der Waals surface area contributed by atoms with Crippen LogP contribution in [0.1, 0.15) is 194 Å². The Labute approximate surface area is 441 Å². The molecule has 0 rings (SSSR count). The number of hydrogen-bond acceptors (Lipinski definition) is 7. The zero-order valence-corrected chi connectivity index (χ0v) is 47.0. The summed E-state index contributed by atoms with van der Waals surface area (Å²) in [7, 11) is 1.43. The number of hydrogen-bond donors (Lipinski definition) is 1. The van der Waals surface area contributed by atoms with Gasteiger partial charge in [0.05, 0.1) is 27.7 Å². The largest absolute Gasteiger partial charge is 0.472 e. The summed E-state index contributed by atoms with van der Waals surface area (Å²) in [6.07, 6.45) is 75.1. The van der Waals surface area contributed by atoms with Gasteiger partial charge in [-0.2, -0.15) is 0 Å². The Hall–Kier alpha value is -3.85. The molecule has 9 nitrogen and oxygen atoms in total. The summed E-state index contributed by atoms with van der Waals surface area (Å²) in [5, 5.41) is 0. The molecule has 408 valence electrons. The van der Waals surface area contributed by atoms with Crippen LogP contribution in [-0.2, 0) is 32.7 Å². The number of nitrogens with zero attached hydrogens (tertiary/aromatic N) is 1. The monoisotopic (exact) mass is 1020 g/mol. The number of carbonyl (C=O) groups excluding carboxylic acids is 2. The maximum Gasteiger partial charge on any atom is 0.472 e. The van der Waals surface area contributed by atoms with Crippen molar-refractivity contribution < 1.29 is 42.1 Å². The third-order valence-corrected chi connectivity index (χ3v) is 12.1. The van der Waals surface area contributed by atoms with Gasteiger partial charge in [-0.15, -0.1) is 0 Å². The van der Waals surface area contributed by atoms with Gasteiger partial charge in [0.25, 0.3) is 0 Å². The van der Waals surface area contributed by atoms with Crippen LogP contribution in [0.25, 0.3) is 0 Å². The molecule has 0 aliphatic rings. The van der Waals surface area contributed by atoms with E-state index in [1.54, 1.807) is 0 Å². The maximum absolute atomic E-state index is 12.8. The van der Waals surface area contributed by atoms with Crippen LogP contribution >= 0.6 is 7.82 Å². The Morgan fingerprint density at radius 2 is 0.792 bits per heavy atom. The first-order valence-corrected chi connectivity index (χ1v) is 29.4. The molecule has 0 aliphatic carbocycles. The Bertz CT molecular complexity index is 1670. The standard InChI is InChI=1S/C62H102NO8P/c1-6-8-10-12-14-16-18-20-22-23-24-25-26-27-28-29-30-31-32-33-34-35-36-37-38-39-41-43-45-47-49-51-53-55-62(65)71-60(59-70-72(66,67)69-57-56-63(3,4)5)58-68-61(64)54-52-50-48-46-44-42-40-21-19-17-15-13-11-9-7-2/h8,10,14-17,20-22,24-25,27-28,30-31,33-34,36-37,39-41,60H,6-7,9,11-13,18-19,23,26,29,32,35,38,42-59H2,1-5H3/p+1/b10-8-,16-14-,17-15-,22-20-,25-24-,28-27-,31-30-,34-33-,37-36-,40-21-,41-39-. The van der Waals surface area contributed by atoms with Crippen molar-refractivity contribution in [1.29, 1.82) is 0 Å². The quantitative estimate of drug-likeness (QED) is 0.0211. The summed E-state index contributed by atoms with van der Waals surface area (Å²) in [4.78, 5) is 35.6. The van der Waals surface area contributed by atoms with E-state index < -0.39 is 32.5 Å². The van der Waals surface area contributed by atoms with Gasteiger partial charge in [-0.3, -0.25) is 18.6 Å². The summed E-state index contributed by atoms with van der Waals surface area (Å²) in [5.74, 6) is -0.848. The predicted octanol–water partition coefficient (Wildman–Crippen LogP) is 17.4. The van der Waals surface area contributed by atoms with Gasteiger partial charge in [0.2, 0.25) is 0 Å². The number of ether oxygens (including phenoxy) is 2. The normalized spacial score (nSPS) is 14.4. The zero-order valence-electron chi connectivity index (χ0n) is 46.1. The lowest BCUT2D eigenvalue weighted by atomic mass is 10.1. The van der Waals surface area contributed by atoms with Crippen LogP contribution < -0.4 is 0 Å². The van der Waals surface area contributed by atoms with Crippen LogP contribution in [0.4, 0.5) is 0 Å². The van der Waals surface area contributed by atoms with Crippen molar-refractivity contribution in [2.24, 2.45) is 0 Å². The Morgan fingerprint density at radius 1 is 0.444 bits per heavy atom. The van der Waals surface area contributed by atoms with Gasteiger partial charge in [0.1, 0.15) is 19.8 Å². The number of esters is 2. The first kappa shape index (κ1) is 68.2. The fourth-order valence-electron chi connectivity index (χ4n) is 6.86. The maximum atomic E-state index is 12.8. The molecule has 72 heavy (non-hydrogen) atoms. The van der Waals surface area contributed by atoms with E-state index in [0.717, 1.165) is 128 Å². The molecule has 0 aromatic carbocycles. The van der Waals surface area contributed by atoms with Gasteiger partial charge in [-0.25, -0.2) is 4.57 Å². The van der Waals surface area contributed by atoms with Crippen LogP contribution in [0, 0.1) is 0 Å². The number of allylic oxidation sites excluding steroid dienone is 22. The minimum absolute atomic E-state index is 0.0175. The number of phosphoric acid groups is 1. The van der Waals surface area contributed by atoms with E-state index in [9.17, 15) is 19.0 Å². The first-order valence-electron chi connectivity index (χ1n) is 27.9. The summed E-state index contributed by atoms with van der Waals surface area (Å²) < 4.78 is 34.4. The van der Waals surface area contributed by atoms with Gasteiger partial charge in [0, 0.05) is 12.8 Å². The third kappa shape index (κ3) is 55.5. The molecule has 0 heterocycles. The highest BCUT2D eigenvalue weighted by Gasteiger charge is 2.27. The zero-order chi connectivity index (χ0) is 52.7. The molecule has 0 saturated heterocycles. The number of rotatable bonds is 49. The lowest BCUT2D eigenvalue weighted by Gasteiger charge is -2.24. The molecular formula is C62H103NO8P+.